The van der Waals surface area contributed by atoms with Gasteiger partial charge in [0.15, 0.2) is 0 Å². The lowest BCUT2D eigenvalue weighted by Gasteiger charge is -2.00. The summed E-state index contributed by atoms with van der Waals surface area (Å²) >= 11 is 1.99. The van der Waals surface area contributed by atoms with Crippen LogP contribution < -0.4 is 5.32 Å². The molecule has 0 atom stereocenters. The Bertz CT molecular complexity index is 250. The number of nitrogens with one attached hydrogen (secondary N) is 1. The molecule has 0 heterocycles. The molecule has 0 bridgehead atoms. The van der Waals surface area contributed by atoms with Gasteiger partial charge in [-0.2, -0.15) is 0 Å². The topological polar surface area (TPSA) is 12.0 Å². The van der Waals surface area contributed by atoms with Crippen molar-refractivity contribution in [3.63, 3.8) is 0 Å². The van der Waals surface area contributed by atoms with Crippen LogP contribution in [0.5, 0.6) is 0 Å². The zero-order valence-electron chi connectivity index (χ0n) is 6.20. The van der Waals surface area contributed by atoms with Gasteiger partial charge in [0, 0.05) is 10.1 Å². The first-order valence-corrected chi connectivity index (χ1v) is 4.40. The standard InChI is InChI=1S/C8H9FIN/c1-11-5-6-2-3-7(9)8(10)4-6/h2-4,11H,5H2,1H3. The highest BCUT2D eigenvalue weighted by Gasteiger charge is 1.98. The Morgan fingerprint density at radius 3 is 2.82 bits per heavy atom. The highest BCUT2D eigenvalue weighted by atomic mass is 127. The zero-order chi connectivity index (χ0) is 8.27. The molecule has 1 aromatic carbocycles. The van der Waals surface area contributed by atoms with Crippen LogP contribution in [0.1, 0.15) is 5.56 Å². The second-order valence-corrected chi connectivity index (χ2v) is 3.44. The minimum absolute atomic E-state index is 0.148. The quantitative estimate of drug-likeness (QED) is 0.808. The lowest BCUT2D eigenvalue weighted by molar-refractivity contribution is 0.618. The van der Waals surface area contributed by atoms with Crippen LogP contribution in [0.4, 0.5) is 4.39 Å². The third kappa shape index (κ3) is 2.41. The van der Waals surface area contributed by atoms with Crippen molar-refractivity contribution in [2.45, 2.75) is 6.54 Å². The van der Waals surface area contributed by atoms with Crippen molar-refractivity contribution >= 4 is 22.6 Å². The molecule has 0 aliphatic heterocycles. The molecule has 0 unspecified atom stereocenters. The van der Waals surface area contributed by atoms with Crippen LogP contribution in [-0.4, -0.2) is 7.05 Å². The van der Waals surface area contributed by atoms with E-state index in [4.69, 9.17) is 0 Å². The molecule has 1 N–H and O–H groups in total. The average Bonchev–Trinajstić information content (AvgIpc) is 1.98. The van der Waals surface area contributed by atoms with Gasteiger partial charge in [-0.25, -0.2) is 4.39 Å². The Balaban J connectivity index is 2.86. The summed E-state index contributed by atoms with van der Waals surface area (Å²) in [6, 6.07) is 5.12. The molecule has 0 spiro atoms. The summed E-state index contributed by atoms with van der Waals surface area (Å²) in [4.78, 5) is 0. The van der Waals surface area contributed by atoms with E-state index in [2.05, 4.69) is 5.32 Å². The molecule has 0 radical (unpaired) electrons. The molecular weight excluding hydrogens is 256 g/mol. The lowest BCUT2D eigenvalue weighted by Crippen LogP contribution is -2.05. The van der Waals surface area contributed by atoms with E-state index < -0.39 is 0 Å². The number of benzene rings is 1. The fraction of sp³-hybridized carbons (Fsp3) is 0.250. The number of halogens is 2. The maximum Gasteiger partial charge on any atom is 0.136 e. The third-order valence-corrected chi connectivity index (χ3v) is 2.19. The van der Waals surface area contributed by atoms with E-state index in [1.807, 2.05) is 35.7 Å². The second kappa shape index (κ2) is 4.01. The Morgan fingerprint density at radius 1 is 1.55 bits per heavy atom. The lowest BCUT2D eigenvalue weighted by atomic mass is 10.2. The molecule has 3 heteroatoms. The zero-order valence-corrected chi connectivity index (χ0v) is 8.35. The summed E-state index contributed by atoms with van der Waals surface area (Å²) in [5.74, 6) is -0.148. The maximum atomic E-state index is 12.7. The predicted octanol–water partition coefficient (Wildman–Crippen LogP) is 2.15. The maximum absolute atomic E-state index is 12.7. The van der Waals surface area contributed by atoms with E-state index in [-0.39, 0.29) is 5.82 Å². The molecule has 0 saturated carbocycles. The van der Waals surface area contributed by atoms with E-state index in [1.165, 1.54) is 6.07 Å². The summed E-state index contributed by atoms with van der Waals surface area (Å²) in [7, 11) is 1.87. The van der Waals surface area contributed by atoms with Crippen molar-refractivity contribution in [1.29, 1.82) is 0 Å². The number of rotatable bonds is 2. The molecule has 60 valence electrons. The van der Waals surface area contributed by atoms with Crippen molar-refractivity contribution in [2.75, 3.05) is 7.05 Å². The van der Waals surface area contributed by atoms with E-state index in [0.717, 1.165) is 12.1 Å². The molecule has 0 aliphatic carbocycles. The Labute approximate surface area is 79.1 Å². The van der Waals surface area contributed by atoms with Crippen LogP contribution in [0, 0.1) is 9.39 Å². The minimum Gasteiger partial charge on any atom is -0.316 e. The highest BCUT2D eigenvalue weighted by Crippen LogP contribution is 2.12. The summed E-state index contributed by atoms with van der Waals surface area (Å²) < 4.78 is 13.4. The van der Waals surface area contributed by atoms with Crippen LogP contribution in [-0.2, 0) is 6.54 Å². The molecule has 0 aromatic heterocycles. The summed E-state index contributed by atoms with van der Waals surface area (Å²) in [5, 5.41) is 3.00. The molecule has 1 nitrogen and oxygen atoms in total. The highest BCUT2D eigenvalue weighted by molar-refractivity contribution is 14.1. The van der Waals surface area contributed by atoms with E-state index >= 15 is 0 Å². The van der Waals surface area contributed by atoms with Crippen LogP contribution >= 0.6 is 22.6 Å². The monoisotopic (exact) mass is 265 g/mol. The van der Waals surface area contributed by atoms with Crippen molar-refractivity contribution in [2.24, 2.45) is 0 Å². The van der Waals surface area contributed by atoms with Crippen LogP contribution in [0.25, 0.3) is 0 Å². The summed E-state index contributed by atoms with van der Waals surface area (Å²) in [5.41, 5.74) is 1.11. The Hall–Kier alpha value is -0.160. The van der Waals surface area contributed by atoms with Crippen molar-refractivity contribution in [3.8, 4) is 0 Å². The molecule has 0 amide bonds. The molecule has 1 aromatic rings. The number of hydrogen-bond acceptors (Lipinski definition) is 1. The summed E-state index contributed by atoms with van der Waals surface area (Å²) in [6.07, 6.45) is 0. The van der Waals surface area contributed by atoms with Crippen molar-refractivity contribution in [1.82, 2.24) is 5.32 Å². The molecule has 0 aliphatic rings. The summed E-state index contributed by atoms with van der Waals surface area (Å²) in [6.45, 7) is 0.788. The van der Waals surface area contributed by atoms with Gasteiger partial charge in [-0.05, 0) is 47.3 Å². The molecule has 11 heavy (non-hydrogen) atoms. The van der Waals surface area contributed by atoms with Gasteiger partial charge < -0.3 is 5.32 Å². The fourth-order valence-corrected chi connectivity index (χ4v) is 1.43. The van der Waals surface area contributed by atoms with Gasteiger partial charge in [0.05, 0.1) is 0 Å². The smallest absolute Gasteiger partial charge is 0.136 e. The fourth-order valence-electron chi connectivity index (χ4n) is 0.854. The van der Waals surface area contributed by atoms with E-state index in [1.54, 1.807) is 6.07 Å². The first kappa shape index (κ1) is 8.93. The van der Waals surface area contributed by atoms with E-state index in [9.17, 15) is 4.39 Å². The SMILES string of the molecule is CNCc1ccc(F)c(I)c1. The molecular formula is C8H9FIN. The van der Waals surface area contributed by atoms with Gasteiger partial charge in [-0.1, -0.05) is 6.07 Å². The van der Waals surface area contributed by atoms with Crippen LogP contribution in [0.2, 0.25) is 0 Å². The average molecular weight is 265 g/mol. The first-order chi connectivity index (χ1) is 5.24. The predicted molar refractivity (Wildman–Crippen MR) is 51.9 cm³/mol. The second-order valence-electron chi connectivity index (χ2n) is 2.28. The van der Waals surface area contributed by atoms with Crippen molar-refractivity contribution in [3.05, 3.63) is 33.1 Å². The third-order valence-electron chi connectivity index (χ3n) is 1.36. The van der Waals surface area contributed by atoms with Gasteiger partial charge >= 0.3 is 0 Å². The van der Waals surface area contributed by atoms with Gasteiger partial charge in [0.25, 0.3) is 0 Å². The van der Waals surface area contributed by atoms with Crippen LogP contribution in [0.3, 0.4) is 0 Å². The minimum atomic E-state index is -0.148. The first-order valence-electron chi connectivity index (χ1n) is 3.32. The largest absolute Gasteiger partial charge is 0.316 e. The van der Waals surface area contributed by atoms with Gasteiger partial charge in [-0.15, -0.1) is 0 Å². The molecule has 0 saturated heterocycles. The van der Waals surface area contributed by atoms with Gasteiger partial charge in [-0.3, -0.25) is 0 Å². The van der Waals surface area contributed by atoms with Crippen LogP contribution in [0.15, 0.2) is 18.2 Å². The van der Waals surface area contributed by atoms with Crippen molar-refractivity contribution < 1.29 is 4.39 Å². The normalized spacial score (nSPS) is 10.1. The van der Waals surface area contributed by atoms with E-state index in [0.29, 0.717) is 3.57 Å². The Kier molecular flexibility index (Phi) is 3.26. The number of hydrogen-bond donors (Lipinski definition) is 1. The van der Waals surface area contributed by atoms with Gasteiger partial charge in [0.2, 0.25) is 0 Å². The molecule has 0 fully saturated rings. The molecule has 1 rings (SSSR count). The van der Waals surface area contributed by atoms with Gasteiger partial charge in [0.1, 0.15) is 5.82 Å². The Morgan fingerprint density at radius 2 is 2.27 bits per heavy atom.